The van der Waals surface area contributed by atoms with E-state index >= 15 is 0 Å². The average Bonchev–Trinajstić information content (AvgIpc) is 3.32. The van der Waals surface area contributed by atoms with Crippen LogP contribution >= 0.6 is 0 Å². The van der Waals surface area contributed by atoms with Crippen LogP contribution in [0.1, 0.15) is 36.8 Å². The number of likely N-dealkylation sites (tertiary alicyclic amines) is 1. The van der Waals surface area contributed by atoms with Crippen molar-refractivity contribution in [2.24, 2.45) is 5.41 Å². The molecule has 11 heteroatoms. The Labute approximate surface area is 210 Å². The number of nitrogens with zero attached hydrogens (tertiary/aromatic N) is 5. The van der Waals surface area contributed by atoms with Gasteiger partial charge in [0.2, 0.25) is 10.0 Å². The molecule has 1 amide bonds. The fourth-order valence-electron chi connectivity index (χ4n) is 5.41. The largest absolute Gasteiger partial charge is 0.447 e. The Morgan fingerprint density at radius 1 is 1.11 bits per heavy atom. The zero-order chi connectivity index (χ0) is 25.3. The first-order valence-corrected chi connectivity index (χ1v) is 13.6. The number of rotatable bonds is 5. The number of pyridine rings is 1. The quantitative estimate of drug-likeness (QED) is 0.605. The molecule has 3 aliphatic rings. The average molecular weight is 514 g/mol. The Morgan fingerprint density at radius 3 is 2.58 bits per heavy atom. The van der Waals surface area contributed by atoms with Gasteiger partial charge in [0.15, 0.2) is 0 Å². The molecule has 0 N–H and O–H groups in total. The third-order valence-corrected chi connectivity index (χ3v) is 9.33. The highest BCUT2D eigenvalue weighted by Crippen LogP contribution is 2.41. The number of carbonyl (C=O) groups excluding carboxylic acids is 1. The summed E-state index contributed by atoms with van der Waals surface area (Å²) in [6.45, 7) is 3.89. The summed E-state index contributed by atoms with van der Waals surface area (Å²) in [4.78, 5) is 19.7. The van der Waals surface area contributed by atoms with Crippen molar-refractivity contribution in [3.8, 4) is 6.07 Å². The molecule has 3 aliphatic heterocycles. The highest BCUT2D eigenvalue weighted by molar-refractivity contribution is 7.89. The van der Waals surface area contributed by atoms with Gasteiger partial charge >= 0.3 is 6.09 Å². The fraction of sp³-hybridized carbons (Fsp3) is 0.480. The van der Waals surface area contributed by atoms with Gasteiger partial charge in [0.05, 0.1) is 12.1 Å². The lowest BCUT2D eigenvalue weighted by molar-refractivity contribution is 0.0495. The Hall–Kier alpha value is -3.07. The van der Waals surface area contributed by atoms with Gasteiger partial charge in [-0.1, -0.05) is 6.07 Å². The maximum absolute atomic E-state index is 13.6. The molecular formula is C25H28FN5O4S. The molecular weight excluding hydrogens is 485 g/mol. The Morgan fingerprint density at radius 2 is 1.92 bits per heavy atom. The van der Waals surface area contributed by atoms with Gasteiger partial charge in [0.25, 0.3) is 0 Å². The molecule has 190 valence electrons. The second-order valence-corrected chi connectivity index (χ2v) is 11.7. The molecule has 0 bridgehead atoms. The van der Waals surface area contributed by atoms with Crippen molar-refractivity contribution in [3.05, 3.63) is 53.5 Å². The van der Waals surface area contributed by atoms with Crippen LogP contribution in [0.25, 0.3) is 0 Å². The van der Waals surface area contributed by atoms with E-state index in [9.17, 15) is 17.6 Å². The predicted octanol–water partition coefficient (Wildman–Crippen LogP) is 3.12. The molecule has 0 radical (unpaired) electrons. The van der Waals surface area contributed by atoms with Gasteiger partial charge in [-0.3, -0.25) is 9.80 Å². The molecule has 2 aromatic rings. The first-order chi connectivity index (χ1) is 17.3. The van der Waals surface area contributed by atoms with E-state index < -0.39 is 21.9 Å². The summed E-state index contributed by atoms with van der Waals surface area (Å²) in [6.07, 6.45) is 4.37. The Balaban J connectivity index is 1.23. The number of hydrogen-bond donors (Lipinski definition) is 0. The van der Waals surface area contributed by atoms with Gasteiger partial charge in [-0.05, 0) is 74.0 Å². The first kappa shape index (κ1) is 24.6. The molecule has 1 spiro atoms. The minimum atomic E-state index is -3.71. The highest BCUT2D eigenvalue weighted by atomic mass is 32.2. The third kappa shape index (κ3) is 4.81. The van der Waals surface area contributed by atoms with Crippen LogP contribution in [0.2, 0.25) is 0 Å². The molecule has 3 fully saturated rings. The molecule has 3 saturated heterocycles. The number of piperidine rings is 2. The zero-order valence-electron chi connectivity index (χ0n) is 19.9. The van der Waals surface area contributed by atoms with Gasteiger partial charge in [0, 0.05) is 25.8 Å². The lowest BCUT2D eigenvalue weighted by atomic mass is 9.73. The van der Waals surface area contributed by atoms with E-state index in [1.54, 1.807) is 22.5 Å². The van der Waals surface area contributed by atoms with Crippen molar-refractivity contribution < 1.29 is 22.3 Å². The van der Waals surface area contributed by atoms with Gasteiger partial charge in [-0.25, -0.2) is 22.6 Å². The fourth-order valence-corrected chi connectivity index (χ4v) is 6.95. The van der Waals surface area contributed by atoms with E-state index in [4.69, 9.17) is 10.00 Å². The minimum absolute atomic E-state index is 0.0528. The van der Waals surface area contributed by atoms with Gasteiger partial charge in [0.1, 0.15) is 29.2 Å². The number of carbonyl (C=O) groups is 1. The summed E-state index contributed by atoms with van der Waals surface area (Å²) in [6, 6.07) is 9.58. The molecule has 0 saturated carbocycles. The number of nitriles is 1. The van der Waals surface area contributed by atoms with Crippen molar-refractivity contribution >= 4 is 21.9 Å². The molecule has 36 heavy (non-hydrogen) atoms. The normalized spacial score (nSPS) is 20.9. The van der Waals surface area contributed by atoms with Crippen molar-refractivity contribution in [1.29, 1.82) is 5.26 Å². The van der Waals surface area contributed by atoms with Crippen LogP contribution < -0.4 is 4.90 Å². The van der Waals surface area contributed by atoms with Crippen molar-refractivity contribution in [1.82, 2.24) is 14.2 Å². The number of amides is 1. The number of cyclic esters (lactones) is 1. The topological polar surface area (TPSA) is 107 Å². The standard InChI is InChI=1S/C25H28FN5O4S/c26-22-4-2-19(14-20(22)15-27)17-29-10-7-25(8-11-29)6-1-9-30(18-25)36(33,34)21-3-5-23(28-16-21)31-12-13-35-24(31)32/h2-5,14,16H,1,6-13,17-18H2. The van der Waals surface area contributed by atoms with E-state index in [1.807, 2.05) is 6.07 Å². The van der Waals surface area contributed by atoms with Crippen molar-refractivity contribution in [2.75, 3.05) is 44.2 Å². The maximum Gasteiger partial charge on any atom is 0.415 e. The maximum atomic E-state index is 13.6. The van der Waals surface area contributed by atoms with Crippen LogP contribution in [0.15, 0.2) is 41.4 Å². The van der Waals surface area contributed by atoms with E-state index in [-0.39, 0.29) is 15.9 Å². The Kier molecular flexibility index (Phi) is 6.68. The molecule has 1 aromatic heterocycles. The monoisotopic (exact) mass is 513 g/mol. The van der Waals surface area contributed by atoms with Crippen LogP contribution in [0.3, 0.4) is 0 Å². The van der Waals surface area contributed by atoms with E-state index in [0.29, 0.717) is 38.6 Å². The third-order valence-electron chi connectivity index (χ3n) is 7.50. The predicted molar refractivity (Wildman–Crippen MR) is 129 cm³/mol. The van der Waals surface area contributed by atoms with Crippen LogP contribution in [-0.4, -0.2) is 68.0 Å². The van der Waals surface area contributed by atoms with Gasteiger partial charge in [-0.15, -0.1) is 0 Å². The SMILES string of the molecule is N#Cc1cc(CN2CCC3(CCCN(S(=O)(=O)c4ccc(N5CCOC5=O)nc4)C3)CC2)ccc1F. The zero-order valence-corrected chi connectivity index (χ0v) is 20.7. The smallest absolute Gasteiger partial charge is 0.415 e. The lowest BCUT2D eigenvalue weighted by Crippen LogP contribution is -2.50. The summed E-state index contributed by atoms with van der Waals surface area (Å²) >= 11 is 0. The molecule has 5 rings (SSSR count). The summed E-state index contributed by atoms with van der Waals surface area (Å²) < 4.78 is 47.0. The number of benzene rings is 1. The number of ether oxygens (including phenoxy) is 1. The van der Waals surface area contributed by atoms with Crippen LogP contribution in [0.5, 0.6) is 0 Å². The molecule has 0 atom stereocenters. The van der Waals surface area contributed by atoms with E-state index in [0.717, 1.165) is 44.3 Å². The summed E-state index contributed by atoms with van der Waals surface area (Å²) in [5.74, 6) is -0.132. The number of anilines is 1. The molecule has 9 nitrogen and oxygen atoms in total. The molecule has 4 heterocycles. The Bertz CT molecular complexity index is 1290. The number of aromatic nitrogens is 1. The molecule has 0 aliphatic carbocycles. The summed E-state index contributed by atoms with van der Waals surface area (Å²) in [5.41, 5.74) is 0.877. The molecule has 1 aromatic carbocycles. The van der Waals surface area contributed by atoms with Crippen LogP contribution in [0, 0.1) is 22.6 Å². The van der Waals surface area contributed by atoms with Crippen LogP contribution in [0.4, 0.5) is 15.0 Å². The van der Waals surface area contributed by atoms with Crippen molar-refractivity contribution in [3.63, 3.8) is 0 Å². The van der Waals surface area contributed by atoms with Crippen LogP contribution in [-0.2, 0) is 21.3 Å². The van der Waals surface area contributed by atoms with Gasteiger partial charge < -0.3 is 4.74 Å². The highest BCUT2D eigenvalue weighted by Gasteiger charge is 2.42. The minimum Gasteiger partial charge on any atom is -0.447 e. The second kappa shape index (κ2) is 9.76. The van der Waals surface area contributed by atoms with Gasteiger partial charge in [-0.2, -0.15) is 9.57 Å². The summed E-state index contributed by atoms with van der Waals surface area (Å²) in [5, 5.41) is 9.08. The lowest BCUT2D eigenvalue weighted by Gasteiger charge is -2.47. The van der Waals surface area contributed by atoms with E-state index in [1.165, 1.54) is 23.2 Å². The van der Waals surface area contributed by atoms with E-state index in [2.05, 4.69) is 9.88 Å². The second-order valence-electron chi connectivity index (χ2n) is 9.76. The first-order valence-electron chi connectivity index (χ1n) is 12.1. The van der Waals surface area contributed by atoms with Crippen molar-refractivity contribution in [2.45, 2.75) is 37.1 Å². The number of halogens is 1. The summed E-state index contributed by atoms with van der Waals surface area (Å²) in [7, 11) is -3.71. The number of hydrogen-bond acceptors (Lipinski definition) is 7. The number of sulfonamides is 1. The molecule has 0 unspecified atom stereocenters.